The van der Waals surface area contributed by atoms with Crippen LogP contribution >= 0.6 is 11.6 Å². The molecule has 1 unspecified atom stereocenters. The molecular formula is C25H18ClN3O4S. The van der Waals surface area contributed by atoms with Gasteiger partial charge in [0.1, 0.15) is 12.0 Å². The van der Waals surface area contributed by atoms with Crippen molar-refractivity contribution < 1.29 is 13.5 Å². The first kappa shape index (κ1) is 21.9. The molecule has 9 heteroatoms. The molecule has 0 fully saturated rings. The smallest absolute Gasteiger partial charge is 0.255 e. The van der Waals surface area contributed by atoms with Crippen molar-refractivity contribution in [3.63, 3.8) is 0 Å². The Labute approximate surface area is 202 Å². The minimum atomic E-state index is -1.55. The molecule has 0 saturated heterocycles. The van der Waals surface area contributed by atoms with Crippen LogP contribution in [0.1, 0.15) is 0 Å². The summed E-state index contributed by atoms with van der Waals surface area (Å²) in [6.07, 6.45) is 1.39. The molecule has 0 amide bonds. The maximum Gasteiger partial charge on any atom is 0.255 e. The van der Waals surface area contributed by atoms with Crippen LogP contribution in [0, 0.1) is 0 Å². The molecule has 0 aliphatic heterocycles. The Hall–Kier alpha value is -3.88. The van der Waals surface area contributed by atoms with E-state index in [-0.39, 0.29) is 5.56 Å². The van der Waals surface area contributed by atoms with Gasteiger partial charge in [-0.25, -0.2) is 4.21 Å². The fourth-order valence-electron chi connectivity index (χ4n) is 3.72. The Bertz CT molecular complexity index is 1580. The molecule has 0 radical (unpaired) electrons. The van der Waals surface area contributed by atoms with E-state index in [1.165, 1.54) is 12.3 Å². The van der Waals surface area contributed by atoms with E-state index in [9.17, 15) is 9.00 Å². The predicted molar refractivity (Wildman–Crippen MR) is 133 cm³/mol. The third kappa shape index (κ3) is 4.21. The van der Waals surface area contributed by atoms with Gasteiger partial charge in [0.05, 0.1) is 23.2 Å². The highest BCUT2D eigenvalue weighted by atomic mass is 35.5. The van der Waals surface area contributed by atoms with E-state index < -0.39 is 11.0 Å². The molecule has 0 spiro atoms. The maximum atomic E-state index is 12.9. The quantitative estimate of drug-likeness (QED) is 0.341. The minimum Gasteiger partial charge on any atom is -0.495 e. The number of fused-ring (bicyclic) bond motifs is 1. The van der Waals surface area contributed by atoms with Crippen LogP contribution in [-0.4, -0.2) is 21.0 Å². The number of anilines is 1. The van der Waals surface area contributed by atoms with Crippen molar-refractivity contribution in [3.8, 4) is 22.6 Å². The van der Waals surface area contributed by atoms with E-state index >= 15 is 0 Å². The van der Waals surface area contributed by atoms with E-state index in [2.05, 4.69) is 9.88 Å². The molecule has 2 heterocycles. The third-order valence-corrected chi connectivity index (χ3v) is 6.61. The highest BCUT2D eigenvalue weighted by Gasteiger charge is 2.14. The van der Waals surface area contributed by atoms with Crippen molar-refractivity contribution in [2.45, 2.75) is 4.90 Å². The van der Waals surface area contributed by atoms with Crippen LogP contribution in [-0.2, 0) is 11.0 Å². The van der Waals surface area contributed by atoms with Gasteiger partial charge in [-0.05, 0) is 59.7 Å². The lowest BCUT2D eigenvalue weighted by molar-refractivity contribution is 0.413. The molecule has 1 atom stereocenters. The number of halogens is 1. The molecule has 3 aromatic carbocycles. The topological polar surface area (TPSA) is 86.4 Å². The summed E-state index contributed by atoms with van der Waals surface area (Å²) in [7, 11) is 0.0102. The molecule has 5 aromatic rings. The van der Waals surface area contributed by atoms with Crippen molar-refractivity contribution in [2.24, 2.45) is 0 Å². The Morgan fingerprint density at radius 2 is 1.85 bits per heavy atom. The Kier molecular flexibility index (Phi) is 5.91. The summed E-state index contributed by atoms with van der Waals surface area (Å²) in [5, 5.41) is 5.10. The second-order valence-corrected chi connectivity index (χ2v) is 9.03. The average molecular weight is 492 g/mol. The zero-order valence-corrected chi connectivity index (χ0v) is 19.5. The average Bonchev–Trinajstić information content (AvgIpc) is 3.36. The van der Waals surface area contributed by atoms with Crippen LogP contribution in [0.4, 0.5) is 5.82 Å². The van der Waals surface area contributed by atoms with Crippen molar-refractivity contribution in [2.75, 3.05) is 11.8 Å². The standard InChI is InChI=1S/C25H18ClN3O4S/c1-32-23-15-17(16-3-2-4-19(26)13-16)5-8-22(23)29-21-9-7-20(14-18(21)6-10-25(29)30)34(31)28-24-11-12-33-27-24/h2-15H,1H3,(H,27,28). The molecule has 0 bridgehead atoms. The first-order chi connectivity index (χ1) is 16.5. The number of hydrogen-bond donors (Lipinski definition) is 1. The fourth-order valence-corrected chi connectivity index (χ4v) is 4.75. The van der Waals surface area contributed by atoms with Crippen LogP contribution in [0.3, 0.4) is 0 Å². The van der Waals surface area contributed by atoms with Gasteiger partial charge in [0.2, 0.25) is 0 Å². The Morgan fingerprint density at radius 3 is 2.62 bits per heavy atom. The molecule has 170 valence electrons. The van der Waals surface area contributed by atoms with Gasteiger partial charge in [-0.15, -0.1) is 0 Å². The molecular weight excluding hydrogens is 474 g/mol. The lowest BCUT2D eigenvalue weighted by Gasteiger charge is -2.16. The van der Waals surface area contributed by atoms with Crippen LogP contribution in [0.15, 0.2) is 99.3 Å². The summed E-state index contributed by atoms with van der Waals surface area (Å²) >= 11 is 6.15. The van der Waals surface area contributed by atoms with Crippen molar-refractivity contribution >= 4 is 39.3 Å². The van der Waals surface area contributed by atoms with Crippen molar-refractivity contribution in [3.05, 3.63) is 101 Å². The van der Waals surface area contributed by atoms with Crippen molar-refractivity contribution in [1.82, 2.24) is 9.72 Å². The van der Waals surface area contributed by atoms with E-state index in [0.717, 1.165) is 16.5 Å². The van der Waals surface area contributed by atoms with Gasteiger partial charge in [-0.3, -0.25) is 14.1 Å². The second kappa shape index (κ2) is 9.17. The molecule has 7 nitrogen and oxygen atoms in total. The van der Waals surface area contributed by atoms with Crippen LogP contribution in [0.5, 0.6) is 5.75 Å². The SMILES string of the molecule is COc1cc(-c2cccc(Cl)c2)ccc1-n1c(=O)ccc2cc(S(=O)Nc3ccon3)ccc21. The van der Waals surface area contributed by atoms with E-state index in [1.807, 2.05) is 42.5 Å². The largest absolute Gasteiger partial charge is 0.495 e. The van der Waals surface area contributed by atoms with Crippen molar-refractivity contribution in [1.29, 1.82) is 0 Å². The van der Waals surface area contributed by atoms with Gasteiger partial charge in [-0.2, -0.15) is 0 Å². The zero-order chi connectivity index (χ0) is 23.7. The summed E-state index contributed by atoms with van der Waals surface area (Å²) in [5.74, 6) is 0.903. The number of aromatic nitrogens is 2. The van der Waals surface area contributed by atoms with Crippen LogP contribution < -0.4 is 15.0 Å². The first-order valence-electron chi connectivity index (χ1n) is 10.2. The number of hydrogen-bond acceptors (Lipinski definition) is 5. The van der Waals surface area contributed by atoms with Gasteiger partial charge in [0.25, 0.3) is 5.56 Å². The van der Waals surface area contributed by atoms with Crippen LogP contribution in [0.25, 0.3) is 27.7 Å². The molecule has 0 saturated carbocycles. The van der Waals surface area contributed by atoms with Crippen LogP contribution in [0.2, 0.25) is 5.02 Å². The maximum absolute atomic E-state index is 12.9. The highest BCUT2D eigenvalue weighted by Crippen LogP contribution is 2.32. The number of nitrogens with one attached hydrogen (secondary N) is 1. The third-order valence-electron chi connectivity index (χ3n) is 5.29. The van der Waals surface area contributed by atoms with E-state index in [1.54, 1.807) is 42.0 Å². The van der Waals surface area contributed by atoms with Gasteiger partial charge >= 0.3 is 0 Å². The van der Waals surface area contributed by atoms with Gasteiger partial charge in [0, 0.05) is 22.5 Å². The molecule has 0 aliphatic carbocycles. The lowest BCUT2D eigenvalue weighted by atomic mass is 10.0. The summed E-state index contributed by atoms with van der Waals surface area (Å²) in [6, 6.07) is 23.1. The summed E-state index contributed by atoms with van der Waals surface area (Å²) < 4.78 is 27.5. The number of benzene rings is 3. The lowest BCUT2D eigenvalue weighted by Crippen LogP contribution is -2.18. The minimum absolute atomic E-state index is 0.212. The highest BCUT2D eigenvalue weighted by molar-refractivity contribution is 7.86. The Morgan fingerprint density at radius 1 is 1.00 bits per heavy atom. The van der Waals surface area contributed by atoms with E-state index in [0.29, 0.717) is 32.7 Å². The summed E-state index contributed by atoms with van der Waals surface area (Å²) in [4.78, 5) is 13.5. The summed E-state index contributed by atoms with van der Waals surface area (Å²) in [5.41, 5.74) is 2.89. The zero-order valence-electron chi connectivity index (χ0n) is 17.9. The first-order valence-corrected chi connectivity index (χ1v) is 11.8. The van der Waals surface area contributed by atoms with Gasteiger partial charge in [0.15, 0.2) is 16.8 Å². The van der Waals surface area contributed by atoms with E-state index in [4.69, 9.17) is 20.9 Å². The monoisotopic (exact) mass is 491 g/mol. The predicted octanol–water partition coefficient (Wildman–Crippen LogP) is 5.44. The number of rotatable bonds is 6. The normalized spacial score (nSPS) is 11.9. The summed E-state index contributed by atoms with van der Waals surface area (Å²) in [6.45, 7) is 0. The molecule has 5 rings (SSSR count). The molecule has 34 heavy (non-hydrogen) atoms. The number of ether oxygens (including phenoxy) is 1. The molecule has 2 aromatic heterocycles. The fraction of sp³-hybridized carbons (Fsp3) is 0.0400. The number of pyridine rings is 1. The molecule has 1 N–H and O–H groups in total. The van der Waals surface area contributed by atoms with Gasteiger partial charge in [-0.1, -0.05) is 35.0 Å². The van der Waals surface area contributed by atoms with Gasteiger partial charge < -0.3 is 9.26 Å². The number of methoxy groups -OCH3 is 1. The number of nitrogens with zero attached hydrogens (tertiary/aromatic N) is 2. The molecule has 0 aliphatic rings. The second-order valence-electron chi connectivity index (χ2n) is 7.38. The Balaban J connectivity index is 1.58.